The molecule has 3 rings (SSSR count). The van der Waals surface area contributed by atoms with Crippen LogP contribution in [-0.4, -0.2) is 24.2 Å². The zero-order chi connectivity index (χ0) is 13.2. The molecule has 0 spiro atoms. The zero-order valence-corrected chi connectivity index (χ0v) is 11.1. The molecule has 0 aromatic carbocycles. The molecule has 3 aromatic rings. The first kappa shape index (κ1) is 11.7. The molecule has 3 heterocycles. The molecule has 0 radical (unpaired) electrons. The van der Waals surface area contributed by atoms with Crippen LogP contribution in [-0.2, 0) is 6.42 Å². The Balaban J connectivity index is 2.19. The van der Waals surface area contributed by atoms with Gasteiger partial charge in [-0.05, 0) is 30.1 Å². The average molecular weight is 270 g/mol. The largest absolute Gasteiger partial charge is 0.280 e. The maximum Gasteiger partial charge on any atom is 0.182 e. The van der Waals surface area contributed by atoms with E-state index in [1.54, 1.807) is 18.3 Å². The Morgan fingerprint density at radius 2 is 2.21 bits per heavy atom. The Morgan fingerprint density at radius 3 is 3.00 bits per heavy atom. The number of aryl methyl sites for hydroxylation is 1. The lowest BCUT2D eigenvalue weighted by Gasteiger charge is -1.99. The first-order chi connectivity index (χ1) is 9.33. The molecule has 0 N–H and O–H groups in total. The number of hydrogen-bond acceptors (Lipinski definition) is 6. The van der Waals surface area contributed by atoms with Crippen LogP contribution in [0.1, 0.15) is 24.6 Å². The van der Waals surface area contributed by atoms with Crippen molar-refractivity contribution in [3.8, 4) is 16.8 Å². The fourth-order valence-corrected chi connectivity index (χ4v) is 2.58. The van der Waals surface area contributed by atoms with E-state index in [0.717, 1.165) is 23.4 Å². The molecule has 0 atom stereocenters. The quantitative estimate of drug-likeness (QED) is 0.728. The molecule has 0 fully saturated rings. The van der Waals surface area contributed by atoms with Crippen LogP contribution in [0, 0.1) is 11.3 Å². The highest BCUT2D eigenvalue weighted by molar-refractivity contribution is 7.09. The van der Waals surface area contributed by atoms with Crippen LogP contribution in [0.4, 0.5) is 0 Å². The van der Waals surface area contributed by atoms with E-state index in [9.17, 15) is 0 Å². The molecular formula is C12H10N6S. The number of fused-ring (bicyclic) bond motifs is 1. The summed E-state index contributed by atoms with van der Waals surface area (Å²) in [6.07, 6.45) is 3.59. The lowest BCUT2D eigenvalue weighted by atomic mass is 10.2. The number of nitrogens with zero attached hydrogens (tertiary/aromatic N) is 6. The molecule has 0 saturated heterocycles. The standard InChI is InChI=1S/C12H10N6S/c1-2-3-9-11(19-17-14-9)12-16-15-10-5-4-8(6-13)7-18(10)12/h4-5,7H,2-3H2,1H3. The van der Waals surface area contributed by atoms with E-state index in [2.05, 4.69) is 32.8 Å². The highest BCUT2D eigenvalue weighted by atomic mass is 32.1. The number of aromatic nitrogens is 5. The van der Waals surface area contributed by atoms with E-state index in [4.69, 9.17) is 5.26 Å². The summed E-state index contributed by atoms with van der Waals surface area (Å²) >= 11 is 1.31. The van der Waals surface area contributed by atoms with Crippen molar-refractivity contribution in [3.63, 3.8) is 0 Å². The van der Waals surface area contributed by atoms with Crippen LogP contribution in [0.5, 0.6) is 0 Å². The summed E-state index contributed by atoms with van der Waals surface area (Å²) in [4.78, 5) is 0.921. The molecule has 94 valence electrons. The van der Waals surface area contributed by atoms with Gasteiger partial charge in [0, 0.05) is 6.20 Å². The Bertz CT molecular complexity index is 766. The molecule has 7 heteroatoms. The minimum Gasteiger partial charge on any atom is -0.280 e. The normalized spacial score (nSPS) is 10.7. The summed E-state index contributed by atoms with van der Waals surface area (Å²) in [6, 6.07) is 5.63. The molecule has 0 amide bonds. The lowest BCUT2D eigenvalue weighted by Crippen LogP contribution is -1.93. The van der Waals surface area contributed by atoms with Crippen LogP contribution in [0.2, 0.25) is 0 Å². The van der Waals surface area contributed by atoms with Gasteiger partial charge in [-0.2, -0.15) is 5.26 Å². The molecule has 3 aromatic heterocycles. The van der Waals surface area contributed by atoms with Gasteiger partial charge in [-0.3, -0.25) is 4.40 Å². The van der Waals surface area contributed by atoms with Gasteiger partial charge in [0.25, 0.3) is 0 Å². The third-order valence-corrected chi connectivity index (χ3v) is 3.54. The molecule has 0 aliphatic rings. The van der Waals surface area contributed by atoms with E-state index in [1.807, 2.05) is 4.40 Å². The van der Waals surface area contributed by atoms with Crippen LogP contribution in [0.25, 0.3) is 16.3 Å². The Morgan fingerprint density at radius 1 is 1.32 bits per heavy atom. The van der Waals surface area contributed by atoms with Crippen molar-refractivity contribution in [1.82, 2.24) is 24.2 Å². The molecule has 0 bridgehead atoms. The Hall–Kier alpha value is -2.33. The van der Waals surface area contributed by atoms with Crippen molar-refractivity contribution >= 4 is 17.2 Å². The van der Waals surface area contributed by atoms with Crippen molar-refractivity contribution in [3.05, 3.63) is 29.6 Å². The van der Waals surface area contributed by atoms with Gasteiger partial charge in [0.2, 0.25) is 0 Å². The van der Waals surface area contributed by atoms with Gasteiger partial charge in [0.15, 0.2) is 11.5 Å². The monoisotopic (exact) mass is 270 g/mol. The van der Waals surface area contributed by atoms with Gasteiger partial charge >= 0.3 is 0 Å². The Labute approximate surface area is 113 Å². The lowest BCUT2D eigenvalue weighted by molar-refractivity contribution is 0.869. The second-order valence-electron chi connectivity index (χ2n) is 4.08. The molecule has 0 unspecified atom stereocenters. The maximum absolute atomic E-state index is 8.97. The van der Waals surface area contributed by atoms with Crippen LogP contribution >= 0.6 is 11.5 Å². The predicted molar refractivity (Wildman–Crippen MR) is 70.6 cm³/mol. The fraction of sp³-hybridized carbons (Fsp3) is 0.250. The molecular weight excluding hydrogens is 260 g/mol. The third-order valence-electron chi connectivity index (χ3n) is 2.78. The first-order valence-electron chi connectivity index (χ1n) is 5.90. The molecule has 0 aliphatic heterocycles. The highest BCUT2D eigenvalue weighted by Crippen LogP contribution is 2.26. The average Bonchev–Trinajstić information content (AvgIpc) is 3.04. The van der Waals surface area contributed by atoms with Gasteiger partial charge in [0.05, 0.1) is 11.3 Å². The minimum atomic E-state index is 0.572. The van der Waals surface area contributed by atoms with Gasteiger partial charge in [-0.25, -0.2) is 0 Å². The zero-order valence-electron chi connectivity index (χ0n) is 10.2. The van der Waals surface area contributed by atoms with Crippen molar-refractivity contribution in [2.75, 3.05) is 0 Å². The SMILES string of the molecule is CCCc1nnsc1-c1nnc2ccc(C#N)cn12. The van der Waals surface area contributed by atoms with E-state index in [0.29, 0.717) is 17.0 Å². The van der Waals surface area contributed by atoms with E-state index in [-0.39, 0.29) is 0 Å². The smallest absolute Gasteiger partial charge is 0.182 e. The summed E-state index contributed by atoms with van der Waals surface area (Å²) in [5.41, 5.74) is 2.22. The number of nitriles is 1. The van der Waals surface area contributed by atoms with Crippen molar-refractivity contribution in [2.24, 2.45) is 0 Å². The summed E-state index contributed by atoms with van der Waals surface area (Å²) in [5, 5.41) is 21.4. The van der Waals surface area contributed by atoms with E-state index in [1.165, 1.54) is 11.5 Å². The van der Waals surface area contributed by atoms with E-state index >= 15 is 0 Å². The predicted octanol–water partition coefficient (Wildman–Crippen LogP) is 2.07. The number of rotatable bonds is 3. The second kappa shape index (κ2) is 4.74. The molecule has 0 saturated carbocycles. The first-order valence-corrected chi connectivity index (χ1v) is 6.67. The van der Waals surface area contributed by atoms with Gasteiger partial charge < -0.3 is 0 Å². The summed E-state index contributed by atoms with van der Waals surface area (Å²) < 4.78 is 5.80. The van der Waals surface area contributed by atoms with Gasteiger partial charge in [-0.1, -0.05) is 17.8 Å². The topological polar surface area (TPSA) is 79.8 Å². The van der Waals surface area contributed by atoms with Crippen molar-refractivity contribution in [2.45, 2.75) is 19.8 Å². The van der Waals surface area contributed by atoms with Crippen molar-refractivity contribution < 1.29 is 0 Å². The molecule has 0 aliphatic carbocycles. The number of pyridine rings is 1. The maximum atomic E-state index is 8.97. The van der Waals surface area contributed by atoms with Gasteiger partial charge in [-0.15, -0.1) is 15.3 Å². The van der Waals surface area contributed by atoms with Crippen LogP contribution in [0.15, 0.2) is 18.3 Å². The minimum absolute atomic E-state index is 0.572. The highest BCUT2D eigenvalue weighted by Gasteiger charge is 2.16. The Kier molecular flexibility index (Phi) is 2.93. The second-order valence-corrected chi connectivity index (χ2v) is 4.83. The molecule has 19 heavy (non-hydrogen) atoms. The van der Waals surface area contributed by atoms with Crippen molar-refractivity contribution in [1.29, 1.82) is 5.26 Å². The third kappa shape index (κ3) is 1.96. The summed E-state index contributed by atoms with van der Waals surface area (Å²) in [7, 11) is 0. The number of hydrogen-bond donors (Lipinski definition) is 0. The van der Waals surface area contributed by atoms with E-state index < -0.39 is 0 Å². The summed E-state index contributed by atoms with van der Waals surface area (Å²) in [6.45, 7) is 2.10. The van der Waals surface area contributed by atoms with Gasteiger partial charge in [0.1, 0.15) is 10.9 Å². The van der Waals surface area contributed by atoms with Crippen LogP contribution in [0.3, 0.4) is 0 Å². The fourth-order valence-electron chi connectivity index (χ4n) is 1.89. The summed E-state index contributed by atoms with van der Waals surface area (Å²) in [5.74, 6) is 0.700. The molecule has 6 nitrogen and oxygen atoms in total. The van der Waals surface area contributed by atoms with Crippen LogP contribution < -0.4 is 0 Å².